The Morgan fingerprint density at radius 3 is 2.47 bits per heavy atom. The van der Waals surface area contributed by atoms with E-state index in [1.165, 1.54) is 23.5 Å². The Kier molecular flexibility index (Phi) is 6.84. The Labute approximate surface area is 179 Å². The van der Waals surface area contributed by atoms with Gasteiger partial charge in [0.05, 0.1) is 32.2 Å². The van der Waals surface area contributed by atoms with Gasteiger partial charge in [-0.25, -0.2) is 9.07 Å². The van der Waals surface area contributed by atoms with Crippen molar-refractivity contribution < 1.29 is 13.9 Å². The van der Waals surface area contributed by atoms with Crippen molar-refractivity contribution in [2.45, 2.75) is 13.8 Å². The SMILES string of the molecule is C=C(C)CN=c1scc(-c2ccc(OC)cc2OC)n1N=C(C)c1ccc(F)cc1. The van der Waals surface area contributed by atoms with Gasteiger partial charge in [-0.2, -0.15) is 5.10 Å². The summed E-state index contributed by atoms with van der Waals surface area (Å²) in [7, 11) is 3.23. The maximum atomic E-state index is 13.3. The first-order valence-electron chi connectivity index (χ1n) is 9.32. The van der Waals surface area contributed by atoms with E-state index < -0.39 is 0 Å². The van der Waals surface area contributed by atoms with Crippen LogP contribution in [-0.4, -0.2) is 31.2 Å². The Bertz CT molecular complexity index is 1140. The van der Waals surface area contributed by atoms with Gasteiger partial charge in [-0.1, -0.05) is 24.3 Å². The predicted molar refractivity (Wildman–Crippen MR) is 120 cm³/mol. The van der Waals surface area contributed by atoms with Crippen LogP contribution in [0, 0.1) is 5.82 Å². The van der Waals surface area contributed by atoms with Gasteiger partial charge in [0.25, 0.3) is 0 Å². The number of rotatable bonds is 7. The summed E-state index contributed by atoms with van der Waals surface area (Å²) in [6.45, 7) is 8.25. The fraction of sp³-hybridized carbons (Fsp3) is 0.217. The number of hydrogen-bond acceptors (Lipinski definition) is 5. The van der Waals surface area contributed by atoms with Crippen molar-refractivity contribution in [1.29, 1.82) is 0 Å². The third-order valence-corrected chi connectivity index (χ3v) is 5.22. The van der Waals surface area contributed by atoms with Crippen molar-refractivity contribution in [2.24, 2.45) is 10.1 Å². The Morgan fingerprint density at radius 2 is 1.83 bits per heavy atom. The summed E-state index contributed by atoms with van der Waals surface area (Å²) in [5.74, 6) is 1.09. The molecular formula is C23H24FN3O2S. The molecule has 0 bridgehead atoms. The number of hydrogen-bond donors (Lipinski definition) is 0. The molecule has 0 aliphatic carbocycles. The molecule has 0 atom stereocenters. The third kappa shape index (κ3) is 4.86. The van der Waals surface area contributed by atoms with E-state index in [0.29, 0.717) is 18.0 Å². The lowest BCUT2D eigenvalue weighted by Gasteiger charge is -2.11. The Morgan fingerprint density at radius 1 is 1.10 bits per heavy atom. The fourth-order valence-corrected chi connectivity index (χ4v) is 3.62. The molecule has 0 spiro atoms. The molecule has 30 heavy (non-hydrogen) atoms. The van der Waals surface area contributed by atoms with Crippen LogP contribution in [0.1, 0.15) is 19.4 Å². The number of aromatic nitrogens is 1. The van der Waals surface area contributed by atoms with Gasteiger partial charge < -0.3 is 9.47 Å². The average Bonchev–Trinajstić information content (AvgIpc) is 3.14. The van der Waals surface area contributed by atoms with Crippen LogP contribution >= 0.6 is 11.3 Å². The van der Waals surface area contributed by atoms with E-state index in [2.05, 4.69) is 11.6 Å². The zero-order valence-corrected chi connectivity index (χ0v) is 18.3. The van der Waals surface area contributed by atoms with E-state index in [4.69, 9.17) is 14.6 Å². The normalized spacial score (nSPS) is 12.2. The quantitative estimate of drug-likeness (QED) is 0.390. The predicted octanol–water partition coefficient (Wildman–Crippen LogP) is 5.12. The highest BCUT2D eigenvalue weighted by Gasteiger charge is 2.14. The lowest BCUT2D eigenvalue weighted by Crippen LogP contribution is -2.15. The summed E-state index contributed by atoms with van der Waals surface area (Å²) in [5, 5.41) is 6.79. The highest BCUT2D eigenvalue weighted by molar-refractivity contribution is 7.07. The first kappa shape index (κ1) is 21.5. The van der Waals surface area contributed by atoms with Crippen LogP contribution in [0.4, 0.5) is 4.39 Å². The summed E-state index contributed by atoms with van der Waals surface area (Å²) in [6, 6.07) is 11.9. The standard InChI is InChI=1S/C23H24FN3O2S/c1-15(2)13-25-23-27(26-16(3)17-6-8-18(24)9-7-17)21(14-30-23)20-11-10-19(28-4)12-22(20)29-5/h6-12,14H,1,13H2,2-5H3. The molecule has 0 unspecified atom stereocenters. The first-order chi connectivity index (χ1) is 14.4. The molecule has 1 heterocycles. The molecule has 0 radical (unpaired) electrons. The first-order valence-corrected chi connectivity index (χ1v) is 10.2. The van der Waals surface area contributed by atoms with Gasteiger partial charge in [-0.15, -0.1) is 11.3 Å². The lowest BCUT2D eigenvalue weighted by molar-refractivity contribution is 0.395. The van der Waals surface area contributed by atoms with Crippen LogP contribution in [0.2, 0.25) is 0 Å². The molecule has 0 saturated carbocycles. The number of methoxy groups -OCH3 is 2. The van der Waals surface area contributed by atoms with E-state index in [9.17, 15) is 4.39 Å². The lowest BCUT2D eigenvalue weighted by atomic mass is 10.1. The highest BCUT2D eigenvalue weighted by Crippen LogP contribution is 2.33. The minimum atomic E-state index is -0.282. The summed E-state index contributed by atoms with van der Waals surface area (Å²) in [4.78, 5) is 5.38. The van der Waals surface area contributed by atoms with Crippen LogP contribution in [0.3, 0.4) is 0 Å². The number of benzene rings is 2. The fourth-order valence-electron chi connectivity index (χ4n) is 2.80. The molecule has 0 aliphatic heterocycles. The molecule has 0 N–H and O–H groups in total. The molecule has 2 aromatic carbocycles. The molecular weight excluding hydrogens is 401 g/mol. The summed E-state index contributed by atoms with van der Waals surface area (Å²) >= 11 is 1.48. The zero-order chi connectivity index (χ0) is 21.7. The van der Waals surface area contributed by atoms with Gasteiger partial charge in [0.2, 0.25) is 4.80 Å². The van der Waals surface area contributed by atoms with Crippen LogP contribution in [-0.2, 0) is 0 Å². The van der Waals surface area contributed by atoms with Crippen molar-refractivity contribution >= 4 is 17.0 Å². The maximum absolute atomic E-state index is 13.3. The second-order valence-corrected chi connectivity index (χ2v) is 7.58. The average molecular weight is 426 g/mol. The molecule has 0 fully saturated rings. The summed E-state index contributed by atoms with van der Waals surface area (Å²) in [6.07, 6.45) is 0. The van der Waals surface area contributed by atoms with Gasteiger partial charge in [0.1, 0.15) is 17.3 Å². The van der Waals surface area contributed by atoms with E-state index in [1.54, 1.807) is 31.0 Å². The minimum absolute atomic E-state index is 0.282. The van der Waals surface area contributed by atoms with Crippen molar-refractivity contribution in [3.8, 4) is 22.8 Å². The molecule has 7 heteroatoms. The largest absolute Gasteiger partial charge is 0.497 e. The minimum Gasteiger partial charge on any atom is -0.497 e. The second kappa shape index (κ2) is 9.54. The smallest absolute Gasteiger partial charge is 0.206 e. The van der Waals surface area contributed by atoms with Crippen LogP contribution in [0.25, 0.3) is 11.3 Å². The van der Waals surface area contributed by atoms with Crippen molar-refractivity contribution in [2.75, 3.05) is 20.8 Å². The molecule has 156 valence electrons. The monoisotopic (exact) mass is 425 g/mol. The van der Waals surface area contributed by atoms with Crippen molar-refractivity contribution in [1.82, 2.24) is 4.68 Å². The molecule has 0 saturated heterocycles. The third-order valence-electron chi connectivity index (χ3n) is 4.37. The van der Waals surface area contributed by atoms with Crippen LogP contribution in [0.15, 0.2) is 70.1 Å². The second-order valence-electron chi connectivity index (χ2n) is 6.75. The van der Waals surface area contributed by atoms with Gasteiger partial charge in [0, 0.05) is 17.0 Å². The molecule has 1 aromatic heterocycles. The van der Waals surface area contributed by atoms with Crippen molar-refractivity contribution in [3.63, 3.8) is 0 Å². The van der Waals surface area contributed by atoms with E-state index in [0.717, 1.165) is 32.9 Å². The molecule has 5 nitrogen and oxygen atoms in total. The molecule has 0 amide bonds. The van der Waals surface area contributed by atoms with E-state index in [1.807, 2.05) is 37.4 Å². The summed E-state index contributed by atoms with van der Waals surface area (Å²) < 4.78 is 26.0. The maximum Gasteiger partial charge on any atom is 0.206 e. The van der Waals surface area contributed by atoms with Gasteiger partial charge in [0.15, 0.2) is 0 Å². The van der Waals surface area contributed by atoms with Crippen LogP contribution < -0.4 is 14.3 Å². The van der Waals surface area contributed by atoms with Crippen molar-refractivity contribution in [3.05, 3.63) is 76.2 Å². The molecule has 0 aliphatic rings. The number of nitrogens with zero attached hydrogens (tertiary/aromatic N) is 3. The molecule has 3 rings (SSSR count). The van der Waals surface area contributed by atoms with E-state index >= 15 is 0 Å². The van der Waals surface area contributed by atoms with Gasteiger partial charge >= 0.3 is 0 Å². The van der Waals surface area contributed by atoms with Gasteiger partial charge in [-0.3, -0.25) is 4.99 Å². The molecule has 3 aromatic rings. The van der Waals surface area contributed by atoms with E-state index in [-0.39, 0.29) is 5.82 Å². The Balaban J connectivity index is 2.18. The van der Waals surface area contributed by atoms with Crippen LogP contribution in [0.5, 0.6) is 11.5 Å². The highest BCUT2D eigenvalue weighted by atomic mass is 32.1. The zero-order valence-electron chi connectivity index (χ0n) is 17.5. The topological polar surface area (TPSA) is 48.1 Å². The number of thiazole rings is 1. The van der Waals surface area contributed by atoms with Gasteiger partial charge in [-0.05, 0) is 43.7 Å². The number of ether oxygens (including phenoxy) is 2. The number of halogens is 1. The summed E-state index contributed by atoms with van der Waals surface area (Å²) in [5.41, 5.74) is 4.22. The Hall–Kier alpha value is -3.19.